The molecule has 0 unspecified atom stereocenters. The van der Waals surface area contributed by atoms with Crippen molar-refractivity contribution in [2.45, 2.75) is 38.4 Å². The van der Waals surface area contributed by atoms with Gasteiger partial charge < -0.3 is 5.32 Å². The summed E-state index contributed by atoms with van der Waals surface area (Å²) in [5.74, 6) is -1.12. The van der Waals surface area contributed by atoms with E-state index in [2.05, 4.69) is 10.2 Å². The second kappa shape index (κ2) is 10.4. The van der Waals surface area contributed by atoms with Gasteiger partial charge in [-0.25, -0.2) is 4.39 Å². The van der Waals surface area contributed by atoms with Crippen LogP contribution >= 0.6 is 24.8 Å². The Hall–Kier alpha value is -0.560. The molecule has 1 saturated heterocycles. The number of alkyl halides is 3. The monoisotopic (exact) mass is 390 g/mol. The van der Waals surface area contributed by atoms with Crippen molar-refractivity contribution in [3.8, 4) is 0 Å². The highest BCUT2D eigenvalue weighted by Gasteiger charge is 2.36. The molecule has 0 saturated carbocycles. The van der Waals surface area contributed by atoms with Gasteiger partial charge in [-0.3, -0.25) is 4.90 Å². The lowest BCUT2D eigenvalue weighted by Crippen LogP contribution is -2.45. The summed E-state index contributed by atoms with van der Waals surface area (Å²) in [7, 11) is 0. The van der Waals surface area contributed by atoms with Crippen molar-refractivity contribution in [2.24, 2.45) is 0 Å². The average Bonchev–Trinajstić information content (AvgIpc) is 2.49. The van der Waals surface area contributed by atoms with Gasteiger partial charge in [0.2, 0.25) is 0 Å². The molecule has 24 heavy (non-hydrogen) atoms. The first-order chi connectivity index (χ1) is 10.4. The fraction of sp³-hybridized carbons (Fsp3) is 0.625. The quantitative estimate of drug-likeness (QED) is 0.724. The van der Waals surface area contributed by atoms with E-state index in [0.29, 0.717) is 6.42 Å². The summed E-state index contributed by atoms with van der Waals surface area (Å²) >= 11 is 0. The molecule has 0 aliphatic carbocycles. The first-order valence-electron chi connectivity index (χ1n) is 7.75. The van der Waals surface area contributed by atoms with Crippen LogP contribution in [0.2, 0.25) is 0 Å². The van der Waals surface area contributed by atoms with Crippen molar-refractivity contribution in [3.05, 3.63) is 35.1 Å². The van der Waals surface area contributed by atoms with Crippen molar-refractivity contribution in [3.63, 3.8) is 0 Å². The lowest BCUT2D eigenvalue weighted by molar-refractivity contribution is -0.140. The summed E-state index contributed by atoms with van der Waals surface area (Å²) in [6.45, 7) is 5.04. The lowest BCUT2D eigenvalue weighted by Gasteiger charge is -2.35. The van der Waals surface area contributed by atoms with Crippen molar-refractivity contribution in [1.82, 2.24) is 10.2 Å². The fourth-order valence-electron chi connectivity index (χ4n) is 2.95. The van der Waals surface area contributed by atoms with Crippen LogP contribution in [0.4, 0.5) is 17.6 Å². The Labute approximate surface area is 152 Å². The van der Waals surface area contributed by atoms with E-state index < -0.39 is 17.6 Å². The molecule has 0 amide bonds. The van der Waals surface area contributed by atoms with Crippen LogP contribution in [0, 0.1) is 5.82 Å². The van der Waals surface area contributed by atoms with Gasteiger partial charge in [-0.2, -0.15) is 13.2 Å². The molecule has 1 fully saturated rings. The van der Waals surface area contributed by atoms with E-state index in [1.165, 1.54) is 12.1 Å². The minimum Gasteiger partial charge on any atom is -0.314 e. The molecule has 2 nitrogen and oxygen atoms in total. The van der Waals surface area contributed by atoms with Gasteiger partial charge >= 0.3 is 6.18 Å². The van der Waals surface area contributed by atoms with Crippen LogP contribution in [0.1, 0.15) is 43.4 Å². The van der Waals surface area contributed by atoms with Crippen molar-refractivity contribution >= 4 is 24.8 Å². The zero-order chi connectivity index (χ0) is 16.2. The molecule has 140 valence electrons. The molecule has 0 spiro atoms. The number of unbranched alkanes of at least 4 members (excludes halogenated alkanes) is 1. The number of halogens is 6. The van der Waals surface area contributed by atoms with Crippen LogP contribution < -0.4 is 5.32 Å². The fourth-order valence-corrected chi connectivity index (χ4v) is 2.95. The van der Waals surface area contributed by atoms with Gasteiger partial charge in [0.05, 0.1) is 5.56 Å². The molecule has 2 rings (SSSR count). The zero-order valence-corrected chi connectivity index (χ0v) is 15.2. The van der Waals surface area contributed by atoms with E-state index in [1.54, 1.807) is 0 Å². The maximum Gasteiger partial charge on any atom is 0.419 e. The molecule has 1 aliphatic heterocycles. The highest BCUT2D eigenvalue weighted by atomic mass is 35.5. The van der Waals surface area contributed by atoms with Gasteiger partial charge in [0.15, 0.2) is 0 Å². The molecule has 1 aliphatic rings. The third kappa shape index (κ3) is 5.76. The normalized spacial score (nSPS) is 16.9. The van der Waals surface area contributed by atoms with Crippen LogP contribution in [-0.2, 0) is 6.18 Å². The SMILES string of the molecule is CCCC[C@H](c1cccc(C(F)(F)F)c1F)N1CCNCC1.Cl.Cl. The number of piperazine rings is 1. The summed E-state index contributed by atoms with van der Waals surface area (Å²) in [6, 6.07) is 3.33. The van der Waals surface area contributed by atoms with E-state index in [4.69, 9.17) is 0 Å². The van der Waals surface area contributed by atoms with E-state index in [-0.39, 0.29) is 36.4 Å². The largest absolute Gasteiger partial charge is 0.419 e. The molecule has 1 aromatic rings. The Kier molecular flexibility index (Phi) is 10.2. The summed E-state index contributed by atoms with van der Waals surface area (Å²) in [5.41, 5.74) is -0.994. The third-order valence-corrected chi connectivity index (χ3v) is 4.12. The van der Waals surface area contributed by atoms with Crippen LogP contribution in [-0.4, -0.2) is 31.1 Å². The first-order valence-corrected chi connectivity index (χ1v) is 7.75. The van der Waals surface area contributed by atoms with Crippen LogP contribution in [0.25, 0.3) is 0 Å². The predicted octanol–water partition coefficient (Wildman–Crippen LogP) is 4.82. The molecule has 1 heterocycles. The molecule has 0 aromatic heterocycles. The molecule has 1 aromatic carbocycles. The van der Waals surface area contributed by atoms with Gasteiger partial charge in [-0.1, -0.05) is 31.9 Å². The standard InChI is InChI=1S/C16H22F4N2.2ClH/c1-2-3-7-14(22-10-8-21-9-11-22)12-5-4-6-13(15(12)17)16(18,19)20;;/h4-6,14,21H,2-3,7-11H2,1H3;2*1H/t14-;;/m1../s1. The average molecular weight is 391 g/mol. The zero-order valence-electron chi connectivity index (χ0n) is 13.5. The minimum atomic E-state index is -4.65. The first kappa shape index (κ1) is 23.4. The number of rotatable bonds is 5. The summed E-state index contributed by atoms with van der Waals surface area (Å²) in [4.78, 5) is 2.09. The van der Waals surface area contributed by atoms with Crippen molar-refractivity contribution in [2.75, 3.05) is 26.2 Å². The summed E-state index contributed by atoms with van der Waals surface area (Å²) in [6.07, 6.45) is -2.18. The van der Waals surface area contributed by atoms with Gasteiger partial charge in [0.1, 0.15) is 5.82 Å². The summed E-state index contributed by atoms with van der Waals surface area (Å²) < 4.78 is 53.2. The van der Waals surface area contributed by atoms with Gasteiger partial charge in [0.25, 0.3) is 0 Å². The molecule has 0 bridgehead atoms. The number of hydrogen-bond acceptors (Lipinski definition) is 2. The van der Waals surface area contributed by atoms with Crippen LogP contribution in [0.5, 0.6) is 0 Å². The Balaban J connectivity index is 0.00000264. The second-order valence-electron chi connectivity index (χ2n) is 5.65. The highest BCUT2D eigenvalue weighted by molar-refractivity contribution is 5.85. The molecule has 1 N–H and O–H groups in total. The Morgan fingerprint density at radius 2 is 1.79 bits per heavy atom. The smallest absolute Gasteiger partial charge is 0.314 e. The van der Waals surface area contributed by atoms with Gasteiger partial charge in [0, 0.05) is 37.8 Å². The maximum atomic E-state index is 14.4. The van der Waals surface area contributed by atoms with E-state index in [0.717, 1.165) is 45.1 Å². The second-order valence-corrected chi connectivity index (χ2v) is 5.65. The third-order valence-electron chi connectivity index (χ3n) is 4.12. The Morgan fingerprint density at radius 1 is 1.17 bits per heavy atom. The molecular weight excluding hydrogens is 367 g/mol. The Morgan fingerprint density at radius 3 is 2.33 bits per heavy atom. The highest BCUT2D eigenvalue weighted by Crippen LogP contribution is 2.36. The molecule has 8 heteroatoms. The number of benzene rings is 1. The van der Waals surface area contributed by atoms with E-state index >= 15 is 0 Å². The molecule has 0 radical (unpaired) electrons. The summed E-state index contributed by atoms with van der Waals surface area (Å²) in [5, 5.41) is 3.21. The van der Waals surface area contributed by atoms with Gasteiger partial charge in [-0.15, -0.1) is 24.8 Å². The van der Waals surface area contributed by atoms with E-state index in [1.807, 2.05) is 6.92 Å². The van der Waals surface area contributed by atoms with Crippen molar-refractivity contribution < 1.29 is 17.6 Å². The topological polar surface area (TPSA) is 15.3 Å². The molecular formula is C16H24Cl2F4N2. The maximum absolute atomic E-state index is 14.4. The minimum absolute atomic E-state index is 0. The number of hydrogen-bond donors (Lipinski definition) is 1. The van der Waals surface area contributed by atoms with Crippen LogP contribution in [0.15, 0.2) is 18.2 Å². The van der Waals surface area contributed by atoms with Gasteiger partial charge in [-0.05, 0) is 12.5 Å². The predicted molar refractivity (Wildman–Crippen MR) is 92.6 cm³/mol. The number of nitrogens with zero attached hydrogens (tertiary/aromatic N) is 1. The Bertz CT molecular complexity index is 491. The van der Waals surface area contributed by atoms with Crippen LogP contribution in [0.3, 0.4) is 0 Å². The van der Waals surface area contributed by atoms with E-state index in [9.17, 15) is 17.6 Å². The lowest BCUT2D eigenvalue weighted by atomic mass is 9.96. The molecule has 1 atom stereocenters. The van der Waals surface area contributed by atoms with Crippen molar-refractivity contribution in [1.29, 1.82) is 0 Å². The number of nitrogens with one attached hydrogen (secondary N) is 1.